The van der Waals surface area contributed by atoms with Crippen molar-refractivity contribution < 1.29 is 15.3 Å². The number of hydrogen-bond acceptors (Lipinski definition) is 2. The molecule has 30 heavy (non-hydrogen) atoms. The van der Waals surface area contributed by atoms with Crippen molar-refractivity contribution in [1.82, 2.24) is 19.9 Å². The zero-order valence-corrected chi connectivity index (χ0v) is 17.1. The number of H-pyrrole nitrogens is 2. The van der Waals surface area contributed by atoms with E-state index >= 15 is 0 Å². The first-order valence-electron chi connectivity index (χ1n) is 9.54. The molecule has 2 aliphatic rings. The van der Waals surface area contributed by atoms with Gasteiger partial charge in [-0.1, -0.05) is 0 Å². The standard InChI is InChI=1S/C25H18N4.Co/c1-2-3-4-5-17-12-24-15-22-9-8-20(27-22)13-18-6-7-19(26-18)14-21-10-11-23(28-21)16-25(17)29-24;/h2-4,6-16,27,29H,1H2;/b4-3-,18-13?,19-14?,20-13?,21-14?,22-15?,23-16?,24-15?,25-16?;. The summed E-state index contributed by atoms with van der Waals surface area (Å²) in [6.45, 7) is 3.74. The minimum absolute atomic E-state index is 0.842. The maximum atomic E-state index is 4.75. The van der Waals surface area contributed by atoms with Gasteiger partial charge in [-0.15, -0.1) is 0 Å². The van der Waals surface area contributed by atoms with Crippen LogP contribution >= 0.6 is 0 Å². The molecule has 8 bridgehead atoms. The van der Waals surface area contributed by atoms with Gasteiger partial charge in [0.15, 0.2) is 0 Å². The fourth-order valence-electron chi connectivity index (χ4n) is 3.44. The fourth-order valence-corrected chi connectivity index (χ4v) is 3.76. The first kappa shape index (κ1) is 18.5. The van der Waals surface area contributed by atoms with Gasteiger partial charge in [-0.25, -0.2) is 0 Å². The Morgan fingerprint density at radius 2 is 1.40 bits per heavy atom. The predicted molar refractivity (Wildman–Crippen MR) is 122 cm³/mol. The minimum atomic E-state index is 0.842. The summed E-state index contributed by atoms with van der Waals surface area (Å²) in [7, 11) is 0. The molecule has 0 amide bonds. The maximum absolute atomic E-state index is 4.75. The summed E-state index contributed by atoms with van der Waals surface area (Å²) in [6, 6.07) is 14.3. The number of fused-ring (bicyclic) bond motifs is 8. The zero-order chi connectivity index (χ0) is 20.5. The Hall–Kier alpha value is -3.54. The molecule has 4 nitrogen and oxygen atoms in total. The van der Waals surface area contributed by atoms with Crippen LogP contribution in [0.1, 0.15) is 28.3 Å². The molecule has 3 aromatic rings. The zero-order valence-electron chi connectivity index (χ0n) is 16.0. The molecular weight excluding hydrogens is 415 g/mol. The molecule has 2 aliphatic heterocycles. The van der Waals surface area contributed by atoms with Crippen molar-refractivity contribution in [3.05, 3.63) is 95.6 Å². The summed E-state index contributed by atoms with van der Waals surface area (Å²) in [5.41, 5.74) is 8.46. The van der Waals surface area contributed by atoms with Crippen LogP contribution in [0.3, 0.4) is 0 Å². The van der Waals surface area contributed by atoms with Crippen LogP contribution in [0.5, 0.6) is 0 Å². The summed E-state index contributed by atoms with van der Waals surface area (Å²) < 4.78 is 0.842. The van der Waals surface area contributed by atoms with Gasteiger partial charge in [-0.2, -0.15) is 0 Å². The number of aromatic amines is 2. The Bertz CT molecular complexity index is 1430. The number of allylic oxidation sites excluding steroid dienone is 3. The number of hydrogen-bond donors (Lipinski definition) is 2. The Balaban J connectivity index is 1.81. The van der Waals surface area contributed by atoms with E-state index in [1.165, 1.54) is 0 Å². The molecule has 0 spiro atoms. The van der Waals surface area contributed by atoms with E-state index in [0.717, 1.165) is 54.9 Å². The molecule has 0 aromatic carbocycles. The fraction of sp³-hybridized carbons (Fsp3) is 0. The average molecular weight is 433 g/mol. The second-order valence-electron chi connectivity index (χ2n) is 7.01. The molecule has 2 N–H and O–H groups in total. The van der Waals surface area contributed by atoms with Gasteiger partial charge in [-0.05, 0) is 0 Å². The van der Waals surface area contributed by atoms with Crippen molar-refractivity contribution in [3.8, 4) is 0 Å². The van der Waals surface area contributed by atoms with Crippen molar-refractivity contribution in [2.24, 2.45) is 0 Å². The van der Waals surface area contributed by atoms with Gasteiger partial charge >= 0.3 is 182 Å². The molecule has 0 unspecified atom stereocenters. The molecule has 0 aliphatic carbocycles. The second-order valence-corrected chi connectivity index (χ2v) is 7.57. The Morgan fingerprint density at radius 1 is 0.767 bits per heavy atom. The van der Waals surface area contributed by atoms with E-state index in [1.807, 2.05) is 60.7 Å². The molecule has 0 atom stereocenters. The monoisotopic (exact) mass is 433 g/mol. The SMILES string of the molecule is C=C/C=C\[C](=[Co])c1cc2cc3ccc(cc4nc(cc5nc(cc1[nH]2)C=C5)C=C4)[nH]3. The average Bonchev–Trinajstić information content (AvgIpc) is 3.51. The van der Waals surface area contributed by atoms with Gasteiger partial charge < -0.3 is 0 Å². The summed E-state index contributed by atoms with van der Waals surface area (Å²) in [4.78, 5) is 16.3. The first-order chi connectivity index (χ1) is 14.7. The van der Waals surface area contributed by atoms with Crippen LogP contribution in [0, 0.1) is 0 Å². The van der Waals surface area contributed by atoms with E-state index in [4.69, 9.17) is 20.3 Å². The van der Waals surface area contributed by atoms with Gasteiger partial charge in [0.1, 0.15) is 0 Å². The third-order valence-electron chi connectivity index (χ3n) is 4.79. The van der Waals surface area contributed by atoms with E-state index in [-0.39, 0.29) is 0 Å². The van der Waals surface area contributed by atoms with Gasteiger partial charge in [0.2, 0.25) is 0 Å². The van der Waals surface area contributed by atoms with Crippen LogP contribution in [0.2, 0.25) is 0 Å². The molecule has 5 rings (SSSR count). The van der Waals surface area contributed by atoms with Crippen molar-refractivity contribution in [2.45, 2.75) is 0 Å². The van der Waals surface area contributed by atoms with E-state index in [1.54, 1.807) is 6.08 Å². The molecule has 5 heteroatoms. The quantitative estimate of drug-likeness (QED) is 0.371. The molecular formula is C25H18CoN4. The number of nitrogens with one attached hydrogen (secondary N) is 2. The molecule has 5 heterocycles. The van der Waals surface area contributed by atoms with Crippen LogP contribution in [-0.2, 0) is 15.3 Å². The molecule has 3 aromatic heterocycles. The molecule has 0 saturated carbocycles. The summed E-state index contributed by atoms with van der Waals surface area (Å²) in [6.07, 6.45) is 13.5. The molecule has 0 saturated heterocycles. The van der Waals surface area contributed by atoms with Gasteiger partial charge in [0.05, 0.1) is 0 Å². The van der Waals surface area contributed by atoms with Crippen molar-refractivity contribution in [3.63, 3.8) is 0 Å². The van der Waals surface area contributed by atoms with Crippen LogP contribution < -0.4 is 0 Å². The Labute approximate surface area is 181 Å². The number of rotatable bonds is 3. The summed E-state index contributed by atoms with van der Waals surface area (Å²) in [5.74, 6) is 0. The van der Waals surface area contributed by atoms with Gasteiger partial charge in [0.25, 0.3) is 0 Å². The van der Waals surface area contributed by atoms with Crippen molar-refractivity contribution >= 4 is 50.8 Å². The Morgan fingerprint density at radius 3 is 2.10 bits per heavy atom. The van der Waals surface area contributed by atoms with Crippen molar-refractivity contribution in [2.75, 3.05) is 0 Å². The third kappa shape index (κ3) is 3.81. The normalized spacial score (nSPS) is 12.6. The number of nitrogens with zero attached hydrogens (tertiary/aromatic N) is 2. The summed E-state index contributed by atoms with van der Waals surface area (Å²) >= 11 is 4.75. The van der Waals surface area contributed by atoms with E-state index in [2.05, 4.69) is 39.7 Å². The topological polar surface area (TPSA) is 57.4 Å². The second kappa shape index (κ2) is 7.70. The van der Waals surface area contributed by atoms with Crippen LogP contribution in [0.4, 0.5) is 0 Å². The number of aromatic nitrogens is 4. The van der Waals surface area contributed by atoms with E-state index in [9.17, 15) is 0 Å². The van der Waals surface area contributed by atoms with Crippen molar-refractivity contribution in [1.29, 1.82) is 0 Å². The summed E-state index contributed by atoms with van der Waals surface area (Å²) in [5, 5.41) is 0. The first-order valence-corrected chi connectivity index (χ1v) is 10.1. The van der Waals surface area contributed by atoms with Crippen LogP contribution in [0.15, 0.2) is 67.3 Å². The molecule has 147 valence electrons. The van der Waals surface area contributed by atoms with E-state index in [0.29, 0.717) is 0 Å². The Kier molecular flexibility index (Phi) is 4.75. The third-order valence-corrected chi connectivity index (χ3v) is 5.24. The van der Waals surface area contributed by atoms with Crippen LogP contribution in [-0.4, -0.2) is 24.4 Å². The van der Waals surface area contributed by atoms with Crippen LogP contribution in [0.25, 0.3) is 46.4 Å². The van der Waals surface area contributed by atoms with Gasteiger partial charge in [-0.3, -0.25) is 0 Å². The molecule has 0 radical (unpaired) electrons. The van der Waals surface area contributed by atoms with E-state index < -0.39 is 0 Å². The van der Waals surface area contributed by atoms with Gasteiger partial charge in [0, 0.05) is 0 Å². The molecule has 0 fully saturated rings. The predicted octanol–water partition coefficient (Wildman–Crippen LogP) is 5.47.